The van der Waals surface area contributed by atoms with Crippen LogP contribution < -0.4 is 24.8 Å². The highest BCUT2D eigenvalue weighted by Crippen LogP contribution is 2.38. The molecule has 0 bridgehead atoms. The Kier molecular flexibility index (Phi) is 7.60. The van der Waals surface area contributed by atoms with E-state index in [1.807, 2.05) is 12.1 Å². The maximum atomic E-state index is 13.3. The Morgan fingerprint density at radius 3 is 2.38 bits per heavy atom. The summed E-state index contributed by atoms with van der Waals surface area (Å²) in [6, 6.07) is 11.2. The Balaban J connectivity index is 1.51. The maximum Gasteiger partial charge on any atom is 0.251 e. The van der Waals surface area contributed by atoms with Crippen LogP contribution in [0.2, 0.25) is 0 Å². The van der Waals surface area contributed by atoms with Gasteiger partial charge in [0.15, 0.2) is 11.5 Å². The fraction of sp³-hybridized carbons (Fsp3) is 0.481. The van der Waals surface area contributed by atoms with Crippen molar-refractivity contribution >= 4 is 17.5 Å². The van der Waals surface area contributed by atoms with Gasteiger partial charge in [-0.3, -0.25) is 9.59 Å². The average Bonchev–Trinajstić information content (AvgIpc) is 3.67. The summed E-state index contributed by atoms with van der Waals surface area (Å²) in [4.78, 5) is 24.8. The van der Waals surface area contributed by atoms with E-state index in [2.05, 4.69) is 16.7 Å². The molecule has 2 atom stereocenters. The van der Waals surface area contributed by atoms with Gasteiger partial charge in [-0.05, 0) is 67.5 Å². The summed E-state index contributed by atoms with van der Waals surface area (Å²) >= 11 is 0. The number of rotatable bonds is 9. The molecule has 7 nitrogen and oxygen atoms in total. The van der Waals surface area contributed by atoms with Crippen LogP contribution in [0.4, 0.5) is 5.69 Å². The highest BCUT2D eigenvalue weighted by molar-refractivity contribution is 5.97. The molecule has 182 valence electrons. The van der Waals surface area contributed by atoms with Gasteiger partial charge >= 0.3 is 0 Å². The quantitative estimate of drug-likeness (QED) is 0.549. The van der Waals surface area contributed by atoms with Gasteiger partial charge in [0.05, 0.1) is 26.5 Å². The molecule has 0 saturated heterocycles. The molecular weight excluding hydrogens is 432 g/mol. The Morgan fingerprint density at radius 2 is 1.68 bits per heavy atom. The molecule has 0 heterocycles. The average molecular weight is 467 g/mol. The van der Waals surface area contributed by atoms with Crippen molar-refractivity contribution in [2.45, 2.75) is 57.4 Å². The fourth-order valence-electron chi connectivity index (χ4n) is 4.61. The molecule has 0 unspecified atom stereocenters. The summed E-state index contributed by atoms with van der Waals surface area (Å²) in [7, 11) is 3.26. The topological polar surface area (TPSA) is 85.9 Å². The van der Waals surface area contributed by atoms with Crippen molar-refractivity contribution in [2.24, 2.45) is 5.92 Å². The summed E-state index contributed by atoms with van der Waals surface area (Å²) in [5, 5.41) is 6.06. The largest absolute Gasteiger partial charge is 0.493 e. The SMILES string of the molecule is COc1ccc([C@H]2CCCC[C@H]2NC(=O)c2ccc(NC(C)=O)c(OCC3CC3)c2)cc1OC. The van der Waals surface area contributed by atoms with Crippen LogP contribution in [0.1, 0.15) is 67.3 Å². The third-order valence-electron chi connectivity index (χ3n) is 6.64. The molecule has 2 aliphatic carbocycles. The van der Waals surface area contributed by atoms with Gasteiger partial charge in [-0.25, -0.2) is 0 Å². The minimum atomic E-state index is -0.173. The molecule has 2 saturated carbocycles. The molecule has 0 spiro atoms. The Labute approximate surface area is 201 Å². The van der Waals surface area contributed by atoms with Crippen LogP contribution in [0.5, 0.6) is 17.2 Å². The normalized spacial score (nSPS) is 19.7. The van der Waals surface area contributed by atoms with Crippen molar-refractivity contribution < 1.29 is 23.8 Å². The van der Waals surface area contributed by atoms with Crippen molar-refractivity contribution in [3.05, 3.63) is 47.5 Å². The van der Waals surface area contributed by atoms with E-state index in [9.17, 15) is 9.59 Å². The molecule has 4 rings (SSSR count). The molecule has 2 aromatic rings. The number of hydrogen-bond acceptors (Lipinski definition) is 5. The van der Waals surface area contributed by atoms with Crippen molar-refractivity contribution in [2.75, 3.05) is 26.1 Å². The minimum Gasteiger partial charge on any atom is -0.493 e. The third kappa shape index (κ3) is 5.82. The van der Waals surface area contributed by atoms with Crippen molar-refractivity contribution in [3.8, 4) is 17.2 Å². The lowest BCUT2D eigenvalue weighted by Crippen LogP contribution is -2.41. The molecule has 0 aromatic heterocycles. The van der Waals surface area contributed by atoms with Gasteiger partial charge < -0.3 is 24.8 Å². The monoisotopic (exact) mass is 466 g/mol. The van der Waals surface area contributed by atoms with E-state index >= 15 is 0 Å². The van der Waals surface area contributed by atoms with E-state index in [0.29, 0.717) is 41.0 Å². The number of carbonyl (C=O) groups is 2. The van der Waals surface area contributed by atoms with E-state index in [4.69, 9.17) is 14.2 Å². The number of anilines is 1. The Bertz CT molecular complexity index is 1030. The number of ether oxygens (including phenoxy) is 3. The molecule has 0 aliphatic heterocycles. The van der Waals surface area contributed by atoms with Crippen LogP contribution in [-0.4, -0.2) is 38.7 Å². The predicted octanol–water partition coefficient (Wildman–Crippen LogP) is 4.91. The number of nitrogens with one attached hydrogen (secondary N) is 2. The molecule has 2 aliphatic rings. The zero-order chi connectivity index (χ0) is 24.1. The van der Waals surface area contributed by atoms with Gasteiger partial charge in [-0.2, -0.15) is 0 Å². The second-order valence-electron chi connectivity index (χ2n) is 9.23. The summed E-state index contributed by atoms with van der Waals surface area (Å²) in [6.45, 7) is 2.06. The van der Waals surface area contributed by atoms with E-state index in [-0.39, 0.29) is 23.8 Å². The van der Waals surface area contributed by atoms with Gasteiger partial charge in [0.25, 0.3) is 5.91 Å². The van der Waals surface area contributed by atoms with Crippen molar-refractivity contribution in [1.82, 2.24) is 5.32 Å². The summed E-state index contributed by atoms with van der Waals surface area (Å²) in [5.74, 6) is 2.38. The van der Waals surface area contributed by atoms with Crippen molar-refractivity contribution in [1.29, 1.82) is 0 Å². The standard InChI is InChI=1S/C27H34N2O5/c1-17(30)28-23-12-10-20(15-25(23)34-16-18-8-9-18)27(31)29-22-7-5-4-6-21(22)19-11-13-24(32-2)26(14-19)33-3/h10-15,18,21-22H,4-9,16H2,1-3H3,(H,28,30)(H,29,31)/t21-,22-/m1/s1. The number of amides is 2. The highest BCUT2D eigenvalue weighted by Gasteiger charge is 2.29. The zero-order valence-corrected chi connectivity index (χ0v) is 20.2. The van der Waals surface area contributed by atoms with Gasteiger partial charge in [0.2, 0.25) is 5.91 Å². The summed E-state index contributed by atoms with van der Waals surface area (Å²) in [6.07, 6.45) is 6.43. The van der Waals surface area contributed by atoms with E-state index < -0.39 is 0 Å². The molecule has 2 amide bonds. The molecule has 7 heteroatoms. The van der Waals surface area contributed by atoms with Gasteiger partial charge in [-0.15, -0.1) is 0 Å². The molecule has 2 aromatic carbocycles. The molecule has 2 fully saturated rings. The van der Waals surface area contributed by atoms with Crippen LogP contribution in [0, 0.1) is 5.92 Å². The first-order valence-corrected chi connectivity index (χ1v) is 12.1. The summed E-state index contributed by atoms with van der Waals surface area (Å²) < 4.78 is 16.8. The molecule has 2 N–H and O–H groups in total. The minimum absolute atomic E-state index is 0.0187. The zero-order valence-electron chi connectivity index (χ0n) is 20.2. The smallest absolute Gasteiger partial charge is 0.251 e. The lowest BCUT2D eigenvalue weighted by Gasteiger charge is -2.33. The fourth-order valence-corrected chi connectivity index (χ4v) is 4.61. The second kappa shape index (κ2) is 10.8. The Morgan fingerprint density at radius 1 is 0.912 bits per heavy atom. The maximum absolute atomic E-state index is 13.3. The van der Waals surface area contributed by atoms with Gasteiger partial charge in [0, 0.05) is 24.4 Å². The lowest BCUT2D eigenvalue weighted by atomic mass is 9.79. The predicted molar refractivity (Wildman–Crippen MR) is 131 cm³/mol. The van der Waals surface area contributed by atoms with Crippen LogP contribution in [-0.2, 0) is 4.79 Å². The van der Waals surface area contributed by atoms with Crippen molar-refractivity contribution in [3.63, 3.8) is 0 Å². The van der Waals surface area contributed by atoms with Gasteiger partial charge in [-0.1, -0.05) is 18.9 Å². The number of methoxy groups -OCH3 is 2. The van der Waals surface area contributed by atoms with Crippen LogP contribution in [0.25, 0.3) is 0 Å². The van der Waals surface area contributed by atoms with E-state index in [1.165, 1.54) is 6.92 Å². The summed E-state index contributed by atoms with van der Waals surface area (Å²) in [5.41, 5.74) is 2.25. The molecular formula is C27H34N2O5. The lowest BCUT2D eigenvalue weighted by molar-refractivity contribution is -0.114. The number of hydrogen-bond donors (Lipinski definition) is 2. The number of carbonyl (C=O) groups excluding carboxylic acids is 2. The van der Waals surface area contributed by atoms with Crippen LogP contribution in [0.3, 0.4) is 0 Å². The van der Waals surface area contributed by atoms with Gasteiger partial charge in [0.1, 0.15) is 5.75 Å². The second-order valence-corrected chi connectivity index (χ2v) is 9.23. The third-order valence-corrected chi connectivity index (χ3v) is 6.64. The first kappa shape index (κ1) is 23.9. The number of benzene rings is 2. The van der Waals surface area contributed by atoms with E-state index in [1.54, 1.807) is 32.4 Å². The molecule has 0 radical (unpaired) electrons. The first-order chi connectivity index (χ1) is 16.5. The molecule has 34 heavy (non-hydrogen) atoms. The van der Waals surface area contributed by atoms with Crippen LogP contribution >= 0.6 is 0 Å². The van der Waals surface area contributed by atoms with Crippen LogP contribution in [0.15, 0.2) is 36.4 Å². The first-order valence-electron chi connectivity index (χ1n) is 12.1. The highest BCUT2D eigenvalue weighted by atomic mass is 16.5. The van der Waals surface area contributed by atoms with E-state index in [0.717, 1.165) is 44.1 Å². The Hall–Kier alpha value is -3.22.